The number of carbonyl (C=O) groups is 1. The third-order valence-electron chi connectivity index (χ3n) is 4.29. The van der Waals surface area contributed by atoms with Crippen LogP contribution in [0.1, 0.15) is 51.9 Å². The number of phenols is 1. The molecule has 0 fully saturated rings. The zero-order chi connectivity index (χ0) is 18.6. The van der Waals surface area contributed by atoms with Crippen LogP contribution in [0.25, 0.3) is 11.1 Å². The Kier molecular flexibility index (Phi) is 8.53. The highest BCUT2D eigenvalue weighted by molar-refractivity contribution is 5.85. The van der Waals surface area contributed by atoms with Crippen LogP contribution in [0.3, 0.4) is 0 Å². The quantitative estimate of drug-likeness (QED) is 0.488. The SMILES string of the molecule is CCCCCCCCCOC(=O)Nc1cccc(-c2ccc(O)cc2)c1. The van der Waals surface area contributed by atoms with E-state index in [9.17, 15) is 9.90 Å². The molecule has 0 saturated carbocycles. The summed E-state index contributed by atoms with van der Waals surface area (Å²) in [5, 5.41) is 12.1. The molecule has 0 saturated heterocycles. The molecule has 0 aromatic heterocycles. The van der Waals surface area contributed by atoms with E-state index in [1.807, 2.05) is 36.4 Å². The van der Waals surface area contributed by atoms with Crippen molar-refractivity contribution < 1.29 is 14.6 Å². The second-order valence-electron chi connectivity index (χ2n) is 6.51. The van der Waals surface area contributed by atoms with Crippen LogP contribution in [0, 0.1) is 0 Å². The number of nitrogens with one attached hydrogen (secondary N) is 1. The van der Waals surface area contributed by atoms with Gasteiger partial charge in [0.25, 0.3) is 0 Å². The number of rotatable bonds is 10. The molecular formula is C22H29NO3. The number of hydrogen-bond acceptors (Lipinski definition) is 3. The maximum absolute atomic E-state index is 11.9. The summed E-state index contributed by atoms with van der Waals surface area (Å²) in [6.45, 7) is 2.67. The van der Waals surface area contributed by atoms with Crippen LogP contribution in [-0.2, 0) is 4.74 Å². The summed E-state index contributed by atoms with van der Waals surface area (Å²) >= 11 is 0. The van der Waals surface area contributed by atoms with Gasteiger partial charge in [-0.25, -0.2) is 4.79 Å². The number of aromatic hydroxyl groups is 1. The van der Waals surface area contributed by atoms with Crippen molar-refractivity contribution >= 4 is 11.8 Å². The highest BCUT2D eigenvalue weighted by Gasteiger charge is 2.05. The Bertz CT molecular complexity index is 667. The number of anilines is 1. The molecule has 140 valence electrons. The van der Waals surface area contributed by atoms with E-state index < -0.39 is 6.09 Å². The summed E-state index contributed by atoms with van der Waals surface area (Å²) in [5.74, 6) is 0.233. The lowest BCUT2D eigenvalue weighted by atomic mass is 10.1. The second-order valence-corrected chi connectivity index (χ2v) is 6.51. The van der Waals surface area contributed by atoms with Gasteiger partial charge in [0.15, 0.2) is 0 Å². The van der Waals surface area contributed by atoms with Crippen molar-refractivity contribution in [1.82, 2.24) is 0 Å². The third kappa shape index (κ3) is 7.18. The number of carbonyl (C=O) groups excluding carboxylic acids is 1. The zero-order valence-corrected chi connectivity index (χ0v) is 15.5. The van der Waals surface area contributed by atoms with E-state index in [2.05, 4.69) is 12.2 Å². The van der Waals surface area contributed by atoms with Crippen LogP contribution in [0.15, 0.2) is 48.5 Å². The fourth-order valence-corrected chi connectivity index (χ4v) is 2.81. The maximum Gasteiger partial charge on any atom is 0.411 e. The number of ether oxygens (including phenoxy) is 1. The van der Waals surface area contributed by atoms with Crippen molar-refractivity contribution in [3.05, 3.63) is 48.5 Å². The van der Waals surface area contributed by atoms with Crippen molar-refractivity contribution in [2.75, 3.05) is 11.9 Å². The Labute approximate surface area is 156 Å². The summed E-state index contributed by atoms with van der Waals surface area (Å²) in [5.41, 5.74) is 2.64. The van der Waals surface area contributed by atoms with Gasteiger partial charge in [0, 0.05) is 5.69 Å². The lowest BCUT2D eigenvalue weighted by molar-refractivity contribution is 0.159. The molecule has 2 N–H and O–H groups in total. The Morgan fingerprint density at radius 1 is 0.923 bits per heavy atom. The predicted molar refractivity (Wildman–Crippen MR) is 107 cm³/mol. The predicted octanol–water partition coefficient (Wildman–Crippen LogP) is 6.36. The third-order valence-corrected chi connectivity index (χ3v) is 4.29. The molecule has 0 aliphatic rings. The average Bonchev–Trinajstić information content (AvgIpc) is 2.65. The van der Waals surface area contributed by atoms with E-state index in [1.54, 1.807) is 12.1 Å². The summed E-state index contributed by atoms with van der Waals surface area (Å²) in [4.78, 5) is 11.9. The minimum absolute atomic E-state index is 0.233. The van der Waals surface area contributed by atoms with Gasteiger partial charge in [0.2, 0.25) is 0 Å². The fourth-order valence-electron chi connectivity index (χ4n) is 2.81. The van der Waals surface area contributed by atoms with Gasteiger partial charge in [-0.1, -0.05) is 69.7 Å². The molecule has 0 aliphatic carbocycles. The van der Waals surface area contributed by atoms with E-state index >= 15 is 0 Å². The molecule has 0 bridgehead atoms. The van der Waals surface area contributed by atoms with E-state index in [0.29, 0.717) is 12.3 Å². The normalized spacial score (nSPS) is 10.5. The zero-order valence-electron chi connectivity index (χ0n) is 15.5. The standard InChI is InChI=1S/C22H29NO3/c1-2-3-4-5-6-7-8-16-26-22(25)23-20-11-9-10-19(17-20)18-12-14-21(24)15-13-18/h9-15,17,24H,2-8,16H2,1H3,(H,23,25). The molecule has 4 nitrogen and oxygen atoms in total. The van der Waals surface area contributed by atoms with Gasteiger partial charge >= 0.3 is 6.09 Å². The van der Waals surface area contributed by atoms with Gasteiger partial charge < -0.3 is 9.84 Å². The monoisotopic (exact) mass is 355 g/mol. The fraction of sp³-hybridized carbons (Fsp3) is 0.409. The molecule has 2 aromatic rings. The molecule has 0 aliphatic heterocycles. The van der Waals surface area contributed by atoms with Gasteiger partial charge in [-0.3, -0.25) is 5.32 Å². The molecular weight excluding hydrogens is 326 g/mol. The number of unbranched alkanes of at least 4 members (excludes halogenated alkanes) is 6. The summed E-state index contributed by atoms with van der Waals surface area (Å²) in [6.07, 6.45) is 7.94. The van der Waals surface area contributed by atoms with Gasteiger partial charge in [-0.15, -0.1) is 0 Å². The number of phenolic OH excluding ortho intramolecular Hbond substituents is 1. The van der Waals surface area contributed by atoms with Crippen molar-refractivity contribution in [3.8, 4) is 16.9 Å². The molecule has 0 unspecified atom stereocenters. The highest BCUT2D eigenvalue weighted by atomic mass is 16.5. The van der Waals surface area contributed by atoms with E-state index in [-0.39, 0.29) is 5.75 Å². The van der Waals surface area contributed by atoms with Crippen LogP contribution in [-0.4, -0.2) is 17.8 Å². The van der Waals surface area contributed by atoms with Crippen molar-refractivity contribution in [3.63, 3.8) is 0 Å². The molecule has 26 heavy (non-hydrogen) atoms. The molecule has 0 heterocycles. The number of hydrogen-bond donors (Lipinski definition) is 2. The van der Waals surface area contributed by atoms with Crippen LogP contribution in [0.2, 0.25) is 0 Å². The van der Waals surface area contributed by atoms with Crippen molar-refractivity contribution in [2.45, 2.75) is 51.9 Å². The lowest BCUT2D eigenvalue weighted by Gasteiger charge is -2.09. The average molecular weight is 355 g/mol. The number of benzene rings is 2. The minimum Gasteiger partial charge on any atom is -0.508 e. The van der Waals surface area contributed by atoms with Crippen molar-refractivity contribution in [1.29, 1.82) is 0 Å². The van der Waals surface area contributed by atoms with Gasteiger partial charge in [0.1, 0.15) is 5.75 Å². The molecule has 0 radical (unpaired) electrons. The van der Waals surface area contributed by atoms with Crippen molar-refractivity contribution in [2.24, 2.45) is 0 Å². The minimum atomic E-state index is -0.418. The summed E-state index contributed by atoms with van der Waals surface area (Å²) < 4.78 is 5.25. The Morgan fingerprint density at radius 3 is 2.35 bits per heavy atom. The molecule has 1 amide bonds. The smallest absolute Gasteiger partial charge is 0.411 e. The first-order chi connectivity index (χ1) is 12.7. The maximum atomic E-state index is 11.9. The van der Waals surface area contributed by atoms with Crippen LogP contribution < -0.4 is 5.32 Å². The molecule has 0 spiro atoms. The van der Waals surface area contributed by atoms with Crippen LogP contribution >= 0.6 is 0 Å². The first-order valence-corrected chi connectivity index (χ1v) is 9.52. The first-order valence-electron chi connectivity index (χ1n) is 9.52. The molecule has 0 atom stereocenters. The van der Waals surface area contributed by atoms with E-state index in [4.69, 9.17) is 4.74 Å². The molecule has 4 heteroatoms. The van der Waals surface area contributed by atoms with E-state index in [1.165, 1.54) is 32.1 Å². The van der Waals surface area contributed by atoms with E-state index in [0.717, 1.165) is 24.0 Å². The Balaban J connectivity index is 1.72. The Hall–Kier alpha value is -2.49. The highest BCUT2D eigenvalue weighted by Crippen LogP contribution is 2.24. The van der Waals surface area contributed by atoms with Gasteiger partial charge in [-0.2, -0.15) is 0 Å². The first kappa shape index (κ1) is 19.8. The topological polar surface area (TPSA) is 58.6 Å². The summed E-state index contributed by atoms with van der Waals surface area (Å²) in [6, 6.07) is 14.5. The van der Waals surface area contributed by atoms with Crippen LogP contribution in [0.5, 0.6) is 5.75 Å². The van der Waals surface area contributed by atoms with Crippen LogP contribution in [0.4, 0.5) is 10.5 Å². The number of amides is 1. The largest absolute Gasteiger partial charge is 0.508 e. The van der Waals surface area contributed by atoms with Gasteiger partial charge in [-0.05, 0) is 41.8 Å². The lowest BCUT2D eigenvalue weighted by Crippen LogP contribution is -2.14. The summed E-state index contributed by atoms with van der Waals surface area (Å²) in [7, 11) is 0. The van der Waals surface area contributed by atoms with Gasteiger partial charge in [0.05, 0.1) is 6.61 Å². The second kappa shape index (κ2) is 11.2. The molecule has 2 aromatic carbocycles. The molecule has 2 rings (SSSR count). The Morgan fingerprint density at radius 2 is 1.62 bits per heavy atom.